The summed E-state index contributed by atoms with van der Waals surface area (Å²) in [4.78, 5) is 14.8. The van der Waals surface area contributed by atoms with Gasteiger partial charge in [-0.1, -0.05) is 37.3 Å². The molecule has 8 heteroatoms. The second-order valence-corrected chi connectivity index (χ2v) is 9.23. The average molecular weight is 424 g/mol. The minimum absolute atomic E-state index is 0. The Morgan fingerprint density at radius 2 is 1.75 bits per heavy atom. The monoisotopic (exact) mass is 423 g/mol. The molecule has 2 N–H and O–H groups in total. The minimum Gasteiger partial charge on any atom is -0.338 e. The summed E-state index contributed by atoms with van der Waals surface area (Å²) in [5.41, 5.74) is 6.45. The highest BCUT2D eigenvalue weighted by Gasteiger charge is 2.37. The molecule has 1 saturated heterocycles. The second kappa shape index (κ2) is 8.51. The molecule has 28 heavy (non-hydrogen) atoms. The van der Waals surface area contributed by atoms with Gasteiger partial charge in [-0.2, -0.15) is 0 Å². The lowest BCUT2D eigenvalue weighted by Crippen LogP contribution is -2.36. The molecule has 0 aliphatic carbocycles. The molecule has 0 bridgehead atoms. The third-order valence-corrected chi connectivity index (χ3v) is 7.06. The molecule has 0 radical (unpaired) electrons. The summed E-state index contributed by atoms with van der Waals surface area (Å²) in [5, 5.41) is 0. The van der Waals surface area contributed by atoms with Crippen LogP contribution in [0.4, 0.5) is 5.69 Å². The molecular weight excluding hydrogens is 398 g/mol. The van der Waals surface area contributed by atoms with Crippen LogP contribution in [0.5, 0.6) is 0 Å². The Morgan fingerprint density at radius 1 is 1.14 bits per heavy atom. The Kier molecular flexibility index (Phi) is 6.75. The Labute approximate surface area is 172 Å². The van der Waals surface area contributed by atoms with Crippen molar-refractivity contribution in [3.63, 3.8) is 0 Å². The van der Waals surface area contributed by atoms with E-state index in [0.29, 0.717) is 25.3 Å². The number of rotatable bonds is 5. The molecule has 2 aromatic carbocycles. The minimum atomic E-state index is -3.87. The van der Waals surface area contributed by atoms with Crippen molar-refractivity contribution >= 4 is 34.0 Å². The first-order valence-electron chi connectivity index (χ1n) is 8.91. The highest BCUT2D eigenvalue weighted by atomic mass is 35.5. The first-order valence-corrected chi connectivity index (χ1v) is 10.3. The van der Waals surface area contributed by atoms with Gasteiger partial charge in [-0.25, -0.2) is 8.42 Å². The number of halogens is 1. The van der Waals surface area contributed by atoms with Gasteiger partial charge in [0.25, 0.3) is 15.9 Å². The Morgan fingerprint density at radius 3 is 2.36 bits per heavy atom. The predicted octanol–water partition coefficient (Wildman–Crippen LogP) is 2.74. The van der Waals surface area contributed by atoms with Gasteiger partial charge in [0, 0.05) is 20.1 Å². The van der Waals surface area contributed by atoms with Gasteiger partial charge in [0.05, 0.1) is 11.3 Å². The zero-order valence-corrected chi connectivity index (χ0v) is 17.7. The molecule has 152 valence electrons. The van der Waals surface area contributed by atoms with E-state index in [9.17, 15) is 13.2 Å². The molecule has 1 aliphatic heterocycles. The number of anilines is 1. The second-order valence-electron chi connectivity index (χ2n) is 7.30. The quantitative estimate of drug-likeness (QED) is 0.801. The van der Waals surface area contributed by atoms with Crippen LogP contribution in [0.15, 0.2) is 59.5 Å². The maximum absolute atomic E-state index is 13.2. The molecule has 1 atom stereocenters. The van der Waals surface area contributed by atoms with Crippen molar-refractivity contribution in [2.75, 3.05) is 31.0 Å². The zero-order valence-electron chi connectivity index (χ0n) is 16.0. The van der Waals surface area contributed by atoms with Crippen molar-refractivity contribution in [3.8, 4) is 0 Å². The van der Waals surface area contributed by atoms with E-state index in [1.165, 1.54) is 17.4 Å². The number of likely N-dealkylation sites (tertiary alicyclic amines) is 1. The standard InChI is InChI=1S/C20H25N3O3S.ClH/c1-20(14-21)12-13-23(15-20)19(24)17-10-6-7-11-18(17)27(25,26)22(2)16-8-4-3-5-9-16;/h3-11H,12-15,21H2,1-2H3;1H. The number of benzene rings is 2. The van der Waals surface area contributed by atoms with Gasteiger partial charge in [0.2, 0.25) is 0 Å². The third-order valence-electron chi connectivity index (χ3n) is 5.21. The number of hydrogen-bond donors (Lipinski definition) is 1. The smallest absolute Gasteiger partial charge is 0.264 e. The van der Waals surface area contributed by atoms with Crippen molar-refractivity contribution in [3.05, 3.63) is 60.2 Å². The van der Waals surface area contributed by atoms with Gasteiger partial charge in [0.1, 0.15) is 4.90 Å². The lowest BCUT2D eigenvalue weighted by Gasteiger charge is -2.24. The molecule has 1 unspecified atom stereocenters. The normalized spacial score (nSPS) is 19.2. The van der Waals surface area contributed by atoms with Crippen LogP contribution in [0.3, 0.4) is 0 Å². The van der Waals surface area contributed by atoms with E-state index in [-0.39, 0.29) is 34.2 Å². The fourth-order valence-electron chi connectivity index (χ4n) is 3.33. The molecule has 3 rings (SSSR count). The maximum atomic E-state index is 13.2. The topological polar surface area (TPSA) is 83.7 Å². The van der Waals surface area contributed by atoms with Gasteiger partial charge in [-0.05, 0) is 42.6 Å². The van der Waals surface area contributed by atoms with Crippen LogP contribution in [0.1, 0.15) is 23.7 Å². The molecule has 1 aliphatic rings. The fraction of sp³-hybridized carbons (Fsp3) is 0.350. The van der Waals surface area contributed by atoms with E-state index in [1.807, 2.05) is 13.0 Å². The SMILES string of the molecule is CN(c1ccccc1)S(=O)(=O)c1ccccc1C(=O)N1CCC(C)(CN)C1.Cl. The number of nitrogens with two attached hydrogens (primary N) is 1. The Hall–Kier alpha value is -2.09. The molecule has 0 spiro atoms. The molecule has 0 saturated carbocycles. The molecule has 1 fully saturated rings. The predicted molar refractivity (Wildman–Crippen MR) is 113 cm³/mol. The van der Waals surface area contributed by atoms with Crippen LogP contribution in [-0.4, -0.2) is 45.9 Å². The molecular formula is C20H26ClN3O3S. The molecule has 0 aromatic heterocycles. The number of nitrogens with zero attached hydrogens (tertiary/aromatic N) is 2. The fourth-order valence-corrected chi connectivity index (χ4v) is 4.70. The lowest BCUT2D eigenvalue weighted by molar-refractivity contribution is 0.0773. The molecule has 1 amide bonds. The van der Waals surface area contributed by atoms with Gasteiger partial charge in [-0.15, -0.1) is 12.4 Å². The van der Waals surface area contributed by atoms with Crippen LogP contribution in [0.25, 0.3) is 0 Å². The zero-order chi connectivity index (χ0) is 19.7. The van der Waals surface area contributed by atoms with E-state index in [1.54, 1.807) is 47.4 Å². The number of carbonyl (C=O) groups excluding carboxylic acids is 1. The van der Waals surface area contributed by atoms with Crippen LogP contribution >= 0.6 is 12.4 Å². The van der Waals surface area contributed by atoms with Crippen molar-refractivity contribution in [1.82, 2.24) is 4.90 Å². The van der Waals surface area contributed by atoms with Crippen molar-refractivity contribution in [2.24, 2.45) is 11.1 Å². The summed E-state index contributed by atoms with van der Waals surface area (Å²) in [6.45, 7) is 3.65. The van der Waals surface area contributed by atoms with Gasteiger partial charge >= 0.3 is 0 Å². The van der Waals surface area contributed by atoms with Crippen LogP contribution in [-0.2, 0) is 10.0 Å². The highest BCUT2D eigenvalue weighted by molar-refractivity contribution is 7.92. The maximum Gasteiger partial charge on any atom is 0.264 e. The number of carbonyl (C=O) groups is 1. The number of hydrogen-bond acceptors (Lipinski definition) is 4. The van der Waals surface area contributed by atoms with Gasteiger partial charge in [-0.3, -0.25) is 9.10 Å². The Balaban J connectivity index is 0.00000280. The molecule has 1 heterocycles. The van der Waals surface area contributed by atoms with E-state index in [4.69, 9.17) is 5.73 Å². The molecule has 2 aromatic rings. The Bertz CT molecular complexity index is 937. The van der Waals surface area contributed by atoms with Crippen molar-refractivity contribution < 1.29 is 13.2 Å². The third kappa shape index (κ3) is 4.16. The first kappa shape index (κ1) is 22.2. The molecule has 6 nitrogen and oxygen atoms in total. The van der Waals surface area contributed by atoms with Crippen molar-refractivity contribution in [2.45, 2.75) is 18.2 Å². The van der Waals surface area contributed by atoms with Crippen LogP contribution in [0, 0.1) is 5.41 Å². The highest BCUT2D eigenvalue weighted by Crippen LogP contribution is 2.31. The van der Waals surface area contributed by atoms with E-state index >= 15 is 0 Å². The van der Waals surface area contributed by atoms with Crippen LogP contribution in [0.2, 0.25) is 0 Å². The number of sulfonamides is 1. The van der Waals surface area contributed by atoms with E-state index < -0.39 is 10.0 Å². The summed E-state index contributed by atoms with van der Waals surface area (Å²) in [7, 11) is -2.38. The lowest BCUT2D eigenvalue weighted by atomic mass is 9.90. The number of para-hydroxylation sites is 1. The summed E-state index contributed by atoms with van der Waals surface area (Å²) in [6.07, 6.45) is 0.814. The summed E-state index contributed by atoms with van der Waals surface area (Å²) in [6, 6.07) is 15.2. The van der Waals surface area contributed by atoms with Crippen LogP contribution < -0.4 is 10.0 Å². The summed E-state index contributed by atoms with van der Waals surface area (Å²) < 4.78 is 27.6. The first-order chi connectivity index (χ1) is 12.8. The summed E-state index contributed by atoms with van der Waals surface area (Å²) in [5.74, 6) is -0.271. The average Bonchev–Trinajstić information content (AvgIpc) is 3.10. The summed E-state index contributed by atoms with van der Waals surface area (Å²) >= 11 is 0. The number of amides is 1. The van der Waals surface area contributed by atoms with Crippen molar-refractivity contribution in [1.29, 1.82) is 0 Å². The van der Waals surface area contributed by atoms with E-state index in [2.05, 4.69) is 0 Å². The van der Waals surface area contributed by atoms with E-state index in [0.717, 1.165) is 6.42 Å². The van der Waals surface area contributed by atoms with Gasteiger partial charge < -0.3 is 10.6 Å². The van der Waals surface area contributed by atoms with Gasteiger partial charge in [0.15, 0.2) is 0 Å². The largest absolute Gasteiger partial charge is 0.338 e.